The minimum absolute atomic E-state index is 0. The third-order valence-electron chi connectivity index (χ3n) is 5.03. The van der Waals surface area contributed by atoms with Crippen molar-refractivity contribution in [2.75, 3.05) is 23.9 Å². The van der Waals surface area contributed by atoms with E-state index >= 15 is 0 Å². The molecule has 0 unspecified atom stereocenters. The number of carbonyl (C=O) groups is 1. The van der Waals surface area contributed by atoms with Gasteiger partial charge in [0.1, 0.15) is 5.60 Å². The Morgan fingerprint density at radius 2 is 1.89 bits per heavy atom. The maximum absolute atomic E-state index is 12.5. The molecule has 3 heterocycles. The maximum Gasteiger partial charge on any atom is 0.247 e. The van der Waals surface area contributed by atoms with Crippen LogP contribution in [0.25, 0.3) is 11.3 Å². The van der Waals surface area contributed by atoms with Gasteiger partial charge in [-0.05, 0) is 38.8 Å². The number of rotatable bonds is 3. The van der Waals surface area contributed by atoms with Crippen LogP contribution < -0.4 is 10.2 Å². The average molecular weight is 390 g/mol. The molecule has 1 fully saturated rings. The van der Waals surface area contributed by atoms with E-state index < -0.39 is 5.60 Å². The molecular weight excluding hydrogens is 358 g/mol. The van der Waals surface area contributed by atoms with E-state index in [1.165, 1.54) is 0 Å². The molecule has 3 N–H and O–H groups in total. The van der Waals surface area contributed by atoms with Crippen LogP contribution >= 0.6 is 0 Å². The molecule has 8 nitrogen and oxygen atoms in total. The second kappa shape index (κ2) is 8.20. The molecule has 0 saturated heterocycles. The number of hydrogen-bond donors (Lipinski definition) is 3. The van der Waals surface area contributed by atoms with Crippen molar-refractivity contribution in [3.63, 3.8) is 0 Å². The lowest BCUT2D eigenvalue weighted by Gasteiger charge is -2.33. The van der Waals surface area contributed by atoms with Gasteiger partial charge in [0.05, 0.1) is 24.1 Å². The predicted octanol–water partition coefficient (Wildman–Crippen LogP) is 2.57. The first-order valence-electron chi connectivity index (χ1n) is 9.50. The standard InChI is InChI=1S/C19H23N5O2.CH4O.2H2/c1-19(2,26)15-8-7-12(9-20-15)14-10-21-17-18(23-14)24(16(25)11-22-17)13-5-3-4-6-13;1-2;;/h7-10,13,26H,3-6,11H2,1-2H3,(H,21,22);2H,1H3;2*1H. The zero-order chi connectivity index (χ0) is 20.3. The lowest BCUT2D eigenvalue weighted by molar-refractivity contribution is -0.117. The summed E-state index contributed by atoms with van der Waals surface area (Å²) in [6, 6.07) is 3.87. The second-order valence-electron chi connectivity index (χ2n) is 7.47. The summed E-state index contributed by atoms with van der Waals surface area (Å²) < 4.78 is 0. The molecule has 0 spiro atoms. The van der Waals surface area contributed by atoms with E-state index in [1.54, 1.807) is 32.3 Å². The van der Waals surface area contributed by atoms with E-state index in [-0.39, 0.29) is 21.3 Å². The molecule has 2 aliphatic rings. The molecule has 1 amide bonds. The molecular formula is C20H31N5O3. The van der Waals surface area contributed by atoms with Crippen LogP contribution in [-0.2, 0) is 10.4 Å². The third-order valence-corrected chi connectivity index (χ3v) is 5.03. The summed E-state index contributed by atoms with van der Waals surface area (Å²) in [5.74, 6) is 1.31. The zero-order valence-electron chi connectivity index (χ0n) is 16.5. The lowest BCUT2D eigenvalue weighted by Crippen LogP contribution is -2.46. The van der Waals surface area contributed by atoms with E-state index in [9.17, 15) is 9.90 Å². The third kappa shape index (κ3) is 3.98. The highest BCUT2D eigenvalue weighted by atomic mass is 16.3. The number of nitrogens with one attached hydrogen (secondary N) is 1. The van der Waals surface area contributed by atoms with Crippen LogP contribution in [0, 0.1) is 0 Å². The van der Waals surface area contributed by atoms with E-state index in [1.807, 2.05) is 11.0 Å². The average Bonchev–Trinajstić information content (AvgIpc) is 3.22. The van der Waals surface area contributed by atoms with E-state index in [0.717, 1.165) is 38.4 Å². The maximum atomic E-state index is 12.5. The summed E-state index contributed by atoms with van der Waals surface area (Å²) in [5.41, 5.74) is 1.07. The van der Waals surface area contributed by atoms with Crippen LogP contribution in [0.2, 0.25) is 0 Å². The number of hydrogen-bond acceptors (Lipinski definition) is 7. The largest absolute Gasteiger partial charge is 0.400 e. The summed E-state index contributed by atoms with van der Waals surface area (Å²) >= 11 is 0. The zero-order valence-corrected chi connectivity index (χ0v) is 16.5. The highest BCUT2D eigenvalue weighted by Gasteiger charge is 2.34. The Kier molecular flexibility index (Phi) is 5.90. The fourth-order valence-electron chi connectivity index (χ4n) is 3.62. The van der Waals surface area contributed by atoms with Crippen LogP contribution in [0.15, 0.2) is 24.5 Å². The van der Waals surface area contributed by atoms with Gasteiger partial charge < -0.3 is 15.5 Å². The number of aliphatic hydroxyl groups excluding tert-OH is 1. The van der Waals surface area contributed by atoms with Crippen LogP contribution in [0.4, 0.5) is 11.6 Å². The van der Waals surface area contributed by atoms with E-state index in [2.05, 4.69) is 15.3 Å². The van der Waals surface area contributed by atoms with Crippen LogP contribution in [0.1, 0.15) is 48.1 Å². The molecule has 0 atom stereocenters. The molecule has 2 aromatic heterocycles. The number of nitrogens with zero attached hydrogens (tertiary/aromatic N) is 4. The van der Waals surface area contributed by atoms with Crippen molar-refractivity contribution in [3.05, 3.63) is 30.2 Å². The monoisotopic (exact) mass is 389 g/mol. The highest BCUT2D eigenvalue weighted by molar-refractivity contribution is 6.01. The van der Waals surface area contributed by atoms with Crippen molar-refractivity contribution >= 4 is 17.5 Å². The SMILES string of the molecule is CC(C)(O)c1ccc(-c2cnc3c(n2)N(C2CCCC2)C(=O)CN3)cn1.CO.[HH].[HH]. The summed E-state index contributed by atoms with van der Waals surface area (Å²) in [4.78, 5) is 27.9. The van der Waals surface area contributed by atoms with Gasteiger partial charge in [-0.1, -0.05) is 12.8 Å². The Bertz CT molecular complexity index is 837. The molecule has 1 aliphatic heterocycles. The van der Waals surface area contributed by atoms with Crippen molar-refractivity contribution in [1.82, 2.24) is 15.0 Å². The van der Waals surface area contributed by atoms with Crippen molar-refractivity contribution in [1.29, 1.82) is 0 Å². The van der Waals surface area contributed by atoms with Gasteiger partial charge >= 0.3 is 0 Å². The molecule has 0 radical (unpaired) electrons. The van der Waals surface area contributed by atoms with Gasteiger partial charge in [-0.3, -0.25) is 14.7 Å². The molecule has 4 rings (SSSR count). The molecule has 8 heteroatoms. The fraction of sp³-hybridized carbons (Fsp3) is 0.500. The van der Waals surface area contributed by atoms with Gasteiger partial charge in [0, 0.05) is 27.8 Å². The molecule has 1 aliphatic carbocycles. The topological polar surface area (TPSA) is 111 Å². The fourth-order valence-corrected chi connectivity index (χ4v) is 3.62. The van der Waals surface area contributed by atoms with E-state index in [4.69, 9.17) is 10.1 Å². The Labute approximate surface area is 167 Å². The molecule has 28 heavy (non-hydrogen) atoms. The normalized spacial score (nSPS) is 16.9. The first kappa shape index (κ1) is 20.2. The quantitative estimate of drug-likeness (QED) is 0.740. The Morgan fingerprint density at radius 1 is 1.18 bits per heavy atom. The molecule has 154 valence electrons. The summed E-state index contributed by atoms with van der Waals surface area (Å²) in [5, 5.41) is 20.1. The number of aliphatic hydroxyl groups is 2. The van der Waals surface area contributed by atoms with Gasteiger partial charge in [0.15, 0.2) is 11.6 Å². The van der Waals surface area contributed by atoms with Crippen molar-refractivity contribution in [2.45, 2.75) is 51.2 Å². The summed E-state index contributed by atoms with van der Waals surface area (Å²) in [6.45, 7) is 3.66. The Balaban J connectivity index is 0.00000109. The number of pyridine rings is 1. The van der Waals surface area contributed by atoms with Crippen LogP contribution in [0.3, 0.4) is 0 Å². The first-order chi connectivity index (χ1) is 13.4. The number of amides is 1. The first-order valence-corrected chi connectivity index (χ1v) is 9.50. The molecule has 2 aromatic rings. The molecule has 0 bridgehead atoms. The number of aromatic nitrogens is 3. The lowest BCUT2D eigenvalue weighted by atomic mass is 10.0. The Morgan fingerprint density at radius 3 is 2.50 bits per heavy atom. The smallest absolute Gasteiger partial charge is 0.247 e. The van der Waals surface area contributed by atoms with Gasteiger partial charge in [0.25, 0.3) is 0 Å². The van der Waals surface area contributed by atoms with Crippen molar-refractivity contribution < 1.29 is 17.9 Å². The highest BCUT2D eigenvalue weighted by Crippen LogP contribution is 2.34. The van der Waals surface area contributed by atoms with E-state index in [0.29, 0.717) is 23.0 Å². The predicted molar refractivity (Wildman–Crippen MR) is 111 cm³/mol. The minimum Gasteiger partial charge on any atom is -0.400 e. The van der Waals surface area contributed by atoms with Crippen LogP contribution in [0.5, 0.6) is 0 Å². The summed E-state index contributed by atoms with van der Waals surface area (Å²) in [7, 11) is 1.00. The molecule has 0 aromatic carbocycles. The van der Waals surface area contributed by atoms with Gasteiger partial charge in [-0.2, -0.15) is 0 Å². The van der Waals surface area contributed by atoms with Gasteiger partial charge in [0.2, 0.25) is 5.91 Å². The number of anilines is 2. The minimum atomic E-state index is -0.990. The second-order valence-corrected chi connectivity index (χ2v) is 7.47. The number of fused-ring (bicyclic) bond motifs is 1. The number of carbonyl (C=O) groups excluding carboxylic acids is 1. The molecule has 1 saturated carbocycles. The summed E-state index contributed by atoms with van der Waals surface area (Å²) in [6.07, 6.45) is 7.69. The van der Waals surface area contributed by atoms with Crippen molar-refractivity contribution in [3.8, 4) is 11.3 Å². The van der Waals surface area contributed by atoms with Gasteiger partial charge in [-0.25, -0.2) is 9.97 Å². The van der Waals surface area contributed by atoms with Crippen LogP contribution in [-0.4, -0.2) is 50.8 Å². The van der Waals surface area contributed by atoms with Gasteiger partial charge in [-0.15, -0.1) is 0 Å². The van der Waals surface area contributed by atoms with Crippen molar-refractivity contribution in [2.24, 2.45) is 0 Å². The Hall–Kier alpha value is -2.58.